The fraction of sp³-hybridized carbons (Fsp3) is 0.0588. The van der Waals surface area contributed by atoms with E-state index in [2.05, 4.69) is 5.32 Å². The highest BCUT2D eigenvalue weighted by Crippen LogP contribution is 2.12. The molecule has 0 unspecified atom stereocenters. The zero-order chi connectivity index (χ0) is 15.9. The molecule has 1 N–H and O–H groups in total. The van der Waals surface area contributed by atoms with Gasteiger partial charge in [-0.25, -0.2) is 0 Å². The number of carbonyl (C=O) groups excluding carboxylic acids is 2. The van der Waals surface area contributed by atoms with Crippen molar-refractivity contribution >= 4 is 17.4 Å². The first kappa shape index (κ1) is 15.3. The van der Waals surface area contributed by atoms with Crippen LogP contribution in [0.15, 0.2) is 60.8 Å². The number of hydrogen-bond donors (Lipinski definition) is 1. The third kappa shape index (κ3) is 3.96. The molecule has 2 aromatic rings. The first-order valence-electron chi connectivity index (χ1n) is 6.53. The molecular weight excluding hydrogens is 282 g/mol. The topological polar surface area (TPSA) is 78.5 Å². The van der Waals surface area contributed by atoms with Gasteiger partial charge in [0, 0.05) is 23.5 Å². The molecule has 5 heteroatoms. The first-order chi connectivity index (χ1) is 10.6. The molecular formula is C17H14NO4-. The number of carboxylic acids is 1. The Hall–Kier alpha value is -3.08. The molecule has 112 valence electrons. The van der Waals surface area contributed by atoms with Gasteiger partial charge in [-0.1, -0.05) is 12.1 Å². The van der Waals surface area contributed by atoms with Crippen LogP contribution in [0, 0.1) is 0 Å². The van der Waals surface area contributed by atoms with E-state index in [0.29, 0.717) is 17.0 Å². The molecule has 2 rings (SSSR count). The summed E-state index contributed by atoms with van der Waals surface area (Å²) in [5, 5.41) is 13.5. The molecule has 0 saturated carbocycles. The van der Waals surface area contributed by atoms with Crippen molar-refractivity contribution in [3.63, 3.8) is 0 Å². The van der Waals surface area contributed by atoms with Crippen LogP contribution >= 0.6 is 0 Å². The molecule has 0 aliphatic rings. The van der Waals surface area contributed by atoms with E-state index in [1.807, 2.05) is 0 Å². The molecule has 0 aliphatic heterocycles. The van der Waals surface area contributed by atoms with E-state index in [4.69, 9.17) is 4.74 Å². The number of aromatic carboxylic acids is 1. The fourth-order valence-electron chi connectivity index (χ4n) is 1.77. The van der Waals surface area contributed by atoms with Crippen molar-refractivity contribution in [2.75, 3.05) is 12.4 Å². The van der Waals surface area contributed by atoms with Crippen LogP contribution in [0.2, 0.25) is 0 Å². The van der Waals surface area contributed by atoms with Gasteiger partial charge in [0.05, 0.1) is 13.1 Å². The average Bonchev–Trinajstić information content (AvgIpc) is 2.55. The summed E-state index contributed by atoms with van der Waals surface area (Å²) in [6, 6.07) is 12.8. The number of nitrogens with one attached hydrogen (secondary N) is 1. The number of carbonyl (C=O) groups is 2. The lowest BCUT2D eigenvalue weighted by atomic mass is 10.1. The predicted octanol–water partition coefficient (Wildman–Crippen LogP) is 1.87. The standard InChI is InChI=1S/C17H15NO4/c1-22-15-8-4-12(5-9-15)16(19)10-11-18-14-6-2-13(3-7-14)17(20)21/h2-11,18H,1H3,(H,20,21)/p-1/b11-10+. The van der Waals surface area contributed by atoms with Crippen molar-refractivity contribution in [2.24, 2.45) is 0 Å². The number of ketones is 1. The minimum Gasteiger partial charge on any atom is -0.545 e. The van der Waals surface area contributed by atoms with Crippen LogP contribution in [0.4, 0.5) is 5.69 Å². The van der Waals surface area contributed by atoms with Gasteiger partial charge in [0.2, 0.25) is 0 Å². The number of methoxy groups -OCH3 is 1. The van der Waals surface area contributed by atoms with Gasteiger partial charge in [-0.05, 0) is 42.0 Å². The van der Waals surface area contributed by atoms with E-state index in [-0.39, 0.29) is 11.3 Å². The Labute approximate surface area is 127 Å². The fourth-order valence-corrected chi connectivity index (χ4v) is 1.77. The van der Waals surface area contributed by atoms with E-state index in [1.165, 1.54) is 24.4 Å². The Balaban J connectivity index is 1.96. The minimum absolute atomic E-state index is 0.101. The third-order valence-corrected chi connectivity index (χ3v) is 2.98. The van der Waals surface area contributed by atoms with Crippen molar-refractivity contribution in [3.8, 4) is 5.75 Å². The van der Waals surface area contributed by atoms with E-state index in [1.54, 1.807) is 43.5 Å². The van der Waals surface area contributed by atoms with Crippen molar-refractivity contribution in [1.82, 2.24) is 0 Å². The lowest BCUT2D eigenvalue weighted by Gasteiger charge is -2.04. The highest BCUT2D eigenvalue weighted by atomic mass is 16.5. The molecule has 0 atom stereocenters. The van der Waals surface area contributed by atoms with E-state index >= 15 is 0 Å². The Morgan fingerprint density at radius 1 is 1.00 bits per heavy atom. The number of rotatable bonds is 6. The summed E-state index contributed by atoms with van der Waals surface area (Å²) < 4.78 is 5.03. The maximum absolute atomic E-state index is 11.9. The van der Waals surface area contributed by atoms with Gasteiger partial charge in [0.15, 0.2) is 5.78 Å². The lowest BCUT2D eigenvalue weighted by Crippen LogP contribution is -2.21. The minimum atomic E-state index is -1.23. The van der Waals surface area contributed by atoms with Crippen LogP contribution in [-0.4, -0.2) is 18.9 Å². The summed E-state index contributed by atoms with van der Waals surface area (Å²) in [5.74, 6) is -0.690. The van der Waals surface area contributed by atoms with Crippen LogP contribution < -0.4 is 15.2 Å². The number of allylic oxidation sites excluding steroid dienone is 1. The molecule has 0 radical (unpaired) electrons. The average molecular weight is 296 g/mol. The summed E-state index contributed by atoms with van der Waals surface area (Å²) >= 11 is 0. The zero-order valence-corrected chi connectivity index (χ0v) is 11.9. The predicted molar refractivity (Wildman–Crippen MR) is 80.9 cm³/mol. The summed E-state index contributed by atoms with van der Waals surface area (Å²) in [7, 11) is 1.56. The number of hydrogen-bond acceptors (Lipinski definition) is 5. The molecule has 0 saturated heterocycles. The summed E-state index contributed by atoms with van der Waals surface area (Å²) in [6.45, 7) is 0. The van der Waals surface area contributed by atoms with Crippen molar-refractivity contribution in [3.05, 3.63) is 71.9 Å². The van der Waals surface area contributed by atoms with Gasteiger partial charge in [0.1, 0.15) is 5.75 Å². The maximum Gasteiger partial charge on any atom is 0.187 e. The molecule has 22 heavy (non-hydrogen) atoms. The molecule has 5 nitrogen and oxygen atoms in total. The number of ether oxygens (including phenoxy) is 1. The molecule has 0 aliphatic carbocycles. The molecule has 0 amide bonds. The Morgan fingerprint density at radius 3 is 2.14 bits per heavy atom. The van der Waals surface area contributed by atoms with E-state index < -0.39 is 5.97 Å². The SMILES string of the molecule is COc1ccc(C(=O)/C=C/Nc2ccc(C(=O)[O-])cc2)cc1. The second-order valence-corrected chi connectivity index (χ2v) is 4.44. The van der Waals surface area contributed by atoms with Gasteiger partial charge < -0.3 is 20.0 Å². The van der Waals surface area contributed by atoms with Gasteiger partial charge in [0.25, 0.3) is 0 Å². The molecule has 0 aromatic heterocycles. The van der Waals surface area contributed by atoms with Gasteiger partial charge in [-0.2, -0.15) is 0 Å². The van der Waals surface area contributed by atoms with Crippen LogP contribution in [0.1, 0.15) is 20.7 Å². The smallest absolute Gasteiger partial charge is 0.187 e. The molecule has 0 spiro atoms. The van der Waals surface area contributed by atoms with Crippen molar-refractivity contribution in [1.29, 1.82) is 0 Å². The summed E-state index contributed by atoms with van der Waals surface area (Å²) in [5.41, 5.74) is 1.32. The van der Waals surface area contributed by atoms with Crippen LogP contribution in [-0.2, 0) is 0 Å². The highest BCUT2D eigenvalue weighted by Gasteiger charge is 2.01. The van der Waals surface area contributed by atoms with Gasteiger partial charge in [-0.3, -0.25) is 4.79 Å². The molecule has 2 aromatic carbocycles. The van der Waals surface area contributed by atoms with Gasteiger partial charge >= 0.3 is 0 Å². The zero-order valence-electron chi connectivity index (χ0n) is 11.9. The van der Waals surface area contributed by atoms with Crippen LogP contribution in [0.3, 0.4) is 0 Å². The van der Waals surface area contributed by atoms with E-state index in [9.17, 15) is 14.7 Å². The summed E-state index contributed by atoms with van der Waals surface area (Å²) in [4.78, 5) is 22.5. The van der Waals surface area contributed by atoms with Crippen LogP contribution in [0.25, 0.3) is 0 Å². The quantitative estimate of drug-likeness (QED) is 0.650. The maximum atomic E-state index is 11.9. The third-order valence-electron chi connectivity index (χ3n) is 2.98. The van der Waals surface area contributed by atoms with E-state index in [0.717, 1.165) is 0 Å². The largest absolute Gasteiger partial charge is 0.545 e. The second-order valence-electron chi connectivity index (χ2n) is 4.44. The Bertz CT molecular complexity index is 688. The first-order valence-corrected chi connectivity index (χ1v) is 6.53. The molecule has 0 fully saturated rings. The monoisotopic (exact) mass is 296 g/mol. The molecule has 0 bridgehead atoms. The normalized spacial score (nSPS) is 10.4. The highest BCUT2D eigenvalue weighted by molar-refractivity contribution is 6.04. The Morgan fingerprint density at radius 2 is 1.59 bits per heavy atom. The number of anilines is 1. The number of carboxylic acid groups (broad SMARTS) is 1. The van der Waals surface area contributed by atoms with Gasteiger partial charge in [-0.15, -0.1) is 0 Å². The molecule has 0 heterocycles. The number of benzene rings is 2. The lowest BCUT2D eigenvalue weighted by molar-refractivity contribution is -0.255. The Kier molecular flexibility index (Phi) is 4.93. The van der Waals surface area contributed by atoms with Crippen molar-refractivity contribution < 1.29 is 19.4 Å². The second kappa shape index (κ2) is 7.08. The summed E-state index contributed by atoms with van der Waals surface area (Å²) in [6.07, 6.45) is 2.90. The van der Waals surface area contributed by atoms with Crippen molar-refractivity contribution in [2.45, 2.75) is 0 Å². The van der Waals surface area contributed by atoms with Crippen LogP contribution in [0.5, 0.6) is 5.75 Å².